The van der Waals surface area contributed by atoms with Crippen molar-refractivity contribution in [1.82, 2.24) is 9.80 Å². The van der Waals surface area contributed by atoms with Gasteiger partial charge in [-0.1, -0.05) is 12.1 Å². The molecule has 202 valence electrons. The van der Waals surface area contributed by atoms with Crippen LogP contribution in [0.1, 0.15) is 34.3 Å². The van der Waals surface area contributed by atoms with E-state index in [1.165, 1.54) is 12.1 Å². The van der Waals surface area contributed by atoms with Gasteiger partial charge in [0.1, 0.15) is 5.75 Å². The minimum atomic E-state index is -5.69. The number of rotatable bonds is 9. The molecule has 4 rings (SSSR count). The van der Waals surface area contributed by atoms with Crippen LogP contribution in [0, 0.1) is 5.92 Å². The lowest BCUT2D eigenvalue weighted by Crippen LogP contribution is -2.41. The highest BCUT2D eigenvalue weighted by atomic mass is 32.2. The second-order valence-electron chi connectivity index (χ2n) is 9.24. The van der Waals surface area contributed by atoms with Crippen LogP contribution >= 0.6 is 0 Å². The predicted molar refractivity (Wildman–Crippen MR) is 129 cm³/mol. The summed E-state index contributed by atoms with van der Waals surface area (Å²) in [6.45, 7) is 3.67. The normalized spacial score (nSPS) is 18.6. The Hall–Kier alpha value is -2.99. The number of alkyl halides is 3. The lowest BCUT2D eigenvalue weighted by atomic mass is 9.97. The van der Waals surface area contributed by atoms with Gasteiger partial charge in [0.05, 0.1) is 14.2 Å². The number of hydrogen-bond acceptors (Lipinski definition) is 7. The highest BCUT2D eigenvalue weighted by molar-refractivity contribution is 7.88. The summed E-state index contributed by atoms with van der Waals surface area (Å²) in [5.74, 6) is 1.05. The van der Waals surface area contributed by atoms with Crippen LogP contribution in [0.25, 0.3) is 0 Å². The fourth-order valence-corrected chi connectivity index (χ4v) is 5.29. The summed E-state index contributed by atoms with van der Waals surface area (Å²) in [6, 6.07) is 9.15. The van der Waals surface area contributed by atoms with E-state index in [9.17, 15) is 26.4 Å². The van der Waals surface area contributed by atoms with Gasteiger partial charge in [0.25, 0.3) is 5.91 Å². The lowest BCUT2D eigenvalue weighted by molar-refractivity contribution is -0.0500. The van der Waals surface area contributed by atoms with Crippen molar-refractivity contribution in [2.24, 2.45) is 5.92 Å². The van der Waals surface area contributed by atoms with Gasteiger partial charge in [0.15, 0.2) is 11.5 Å². The molecule has 0 aromatic heterocycles. The number of carbonyl (C=O) groups is 1. The molecule has 0 saturated carbocycles. The average molecular weight is 543 g/mol. The molecule has 0 aliphatic carbocycles. The topological polar surface area (TPSA) is 85.4 Å². The molecule has 1 fully saturated rings. The SMILES string of the molecule is COc1cc2c(cc1OC)C(=O)N(CC1CCCN(CCc3ccc(OS(=O)(=O)C(F)(F)F)cc3)C1)C2. The molecular formula is C25H29F3N2O6S. The van der Waals surface area contributed by atoms with E-state index in [0.717, 1.165) is 43.6 Å². The Balaban J connectivity index is 1.29. The molecule has 8 nitrogen and oxygen atoms in total. The minimum Gasteiger partial charge on any atom is -0.493 e. The monoisotopic (exact) mass is 542 g/mol. The summed E-state index contributed by atoms with van der Waals surface area (Å²) in [7, 11) is -2.58. The number of ether oxygens (including phenoxy) is 2. The van der Waals surface area contributed by atoms with Gasteiger partial charge in [0.2, 0.25) is 0 Å². The number of halogens is 3. The Bertz CT molecular complexity index is 1230. The van der Waals surface area contributed by atoms with Crippen LogP contribution in [0.3, 0.4) is 0 Å². The van der Waals surface area contributed by atoms with E-state index in [4.69, 9.17) is 9.47 Å². The maximum Gasteiger partial charge on any atom is 0.534 e. The molecule has 2 aromatic rings. The predicted octanol–water partition coefficient (Wildman–Crippen LogP) is 3.84. The second-order valence-corrected chi connectivity index (χ2v) is 10.8. The Labute approximate surface area is 214 Å². The number of hydrogen-bond donors (Lipinski definition) is 0. The molecule has 2 aromatic carbocycles. The van der Waals surface area contributed by atoms with Crippen LogP contribution in [-0.4, -0.2) is 70.0 Å². The third-order valence-corrected chi connectivity index (χ3v) is 7.68. The molecule has 0 bridgehead atoms. The molecule has 1 atom stereocenters. The number of carbonyl (C=O) groups excluding carboxylic acids is 1. The third-order valence-electron chi connectivity index (χ3n) is 6.70. The van der Waals surface area contributed by atoms with Crippen LogP contribution in [0.4, 0.5) is 13.2 Å². The van der Waals surface area contributed by atoms with E-state index < -0.39 is 15.6 Å². The minimum absolute atomic E-state index is 0.0112. The maximum atomic E-state index is 13.0. The Morgan fingerprint density at radius 1 is 1.05 bits per heavy atom. The fourth-order valence-electron chi connectivity index (χ4n) is 4.83. The van der Waals surface area contributed by atoms with E-state index in [1.54, 1.807) is 32.4 Å². The van der Waals surface area contributed by atoms with Gasteiger partial charge in [-0.3, -0.25) is 4.79 Å². The van der Waals surface area contributed by atoms with Crippen molar-refractivity contribution in [2.75, 3.05) is 40.4 Å². The second kappa shape index (κ2) is 10.8. The van der Waals surface area contributed by atoms with Gasteiger partial charge in [0, 0.05) is 31.7 Å². The summed E-state index contributed by atoms with van der Waals surface area (Å²) in [4.78, 5) is 17.2. The van der Waals surface area contributed by atoms with Crippen LogP contribution in [0.15, 0.2) is 36.4 Å². The zero-order chi connectivity index (χ0) is 26.8. The van der Waals surface area contributed by atoms with E-state index in [1.807, 2.05) is 11.0 Å². The van der Waals surface area contributed by atoms with Crippen molar-refractivity contribution in [3.8, 4) is 17.2 Å². The average Bonchev–Trinajstić information content (AvgIpc) is 3.16. The summed E-state index contributed by atoms with van der Waals surface area (Å²) in [5.41, 5.74) is -3.06. The highest BCUT2D eigenvalue weighted by Gasteiger charge is 2.48. The maximum absolute atomic E-state index is 13.0. The first-order chi connectivity index (χ1) is 17.5. The molecule has 12 heteroatoms. The summed E-state index contributed by atoms with van der Waals surface area (Å²) >= 11 is 0. The quantitative estimate of drug-likeness (QED) is 0.352. The van der Waals surface area contributed by atoms with E-state index in [2.05, 4.69) is 9.08 Å². The zero-order valence-electron chi connectivity index (χ0n) is 20.6. The smallest absolute Gasteiger partial charge is 0.493 e. The third kappa shape index (κ3) is 6.12. The van der Waals surface area contributed by atoms with Gasteiger partial charge >= 0.3 is 15.6 Å². The van der Waals surface area contributed by atoms with Crippen molar-refractivity contribution in [3.63, 3.8) is 0 Å². The number of fused-ring (bicyclic) bond motifs is 1. The van der Waals surface area contributed by atoms with Crippen molar-refractivity contribution in [2.45, 2.75) is 31.3 Å². The number of nitrogens with zero attached hydrogens (tertiary/aromatic N) is 2. The lowest BCUT2D eigenvalue weighted by Gasteiger charge is -2.34. The van der Waals surface area contributed by atoms with Crippen LogP contribution in [0.2, 0.25) is 0 Å². The molecule has 0 radical (unpaired) electrons. The molecule has 2 aliphatic heterocycles. The van der Waals surface area contributed by atoms with Gasteiger partial charge in [-0.05, 0) is 67.1 Å². The summed E-state index contributed by atoms with van der Waals surface area (Å²) in [5, 5.41) is 0. The molecule has 2 heterocycles. The standard InChI is InChI=1S/C25H29F3N2O6S/c1-34-22-12-19-16-30(24(31)21(19)13-23(22)35-2)15-18-4-3-10-29(14-18)11-9-17-5-7-20(8-6-17)36-37(32,33)25(26,27)28/h5-8,12-13,18H,3-4,9-11,14-16H2,1-2H3. The number of piperidine rings is 1. The zero-order valence-corrected chi connectivity index (χ0v) is 21.4. The summed E-state index contributed by atoms with van der Waals surface area (Å²) < 4.78 is 74.6. The highest BCUT2D eigenvalue weighted by Crippen LogP contribution is 2.35. The molecule has 1 unspecified atom stereocenters. The molecule has 1 saturated heterocycles. The molecule has 0 N–H and O–H groups in total. The van der Waals surface area contributed by atoms with Crippen LogP contribution in [-0.2, 0) is 23.1 Å². The first-order valence-electron chi connectivity index (χ1n) is 11.9. The van der Waals surface area contributed by atoms with Crippen molar-refractivity contribution in [1.29, 1.82) is 0 Å². The number of amides is 1. The fraction of sp³-hybridized carbons (Fsp3) is 0.480. The molecule has 37 heavy (non-hydrogen) atoms. The Morgan fingerprint density at radius 2 is 1.73 bits per heavy atom. The van der Waals surface area contributed by atoms with Gasteiger partial charge in [-0.2, -0.15) is 21.6 Å². The number of methoxy groups -OCH3 is 2. The first-order valence-corrected chi connectivity index (χ1v) is 13.3. The Kier molecular flexibility index (Phi) is 7.88. The van der Waals surface area contributed by atoms with Gasteiger partial charge in [-0.25, -0.2) is 0 Å². The van der Waals surface area contributed by atoms with Crippen molar-refractivity contribution < 1.29 is 40.0 Å². The molecule has 2 aliphatic rings. The first kappa shape index (κ1) is 27.1. The van der Waals surface area contributed by atoms with Crippen LogP contribution < -0.4 is 13.7 Å². The van der Waals surface area contributed by atoms with Gasteiger partial charge < -0.3 is 23.5 Å². The van der Waals surface area contributed by atoms with Crippen LogP contribution in [0.5, 0.6) is 17.2 Å². The van der Waals surface area contributed by atoms with E-state index in [0.29, 0.717) is 42.5 Å². The van der Waals surface area contributed by atoms with E-state index in [-0.39, 0.29) is 11.7 Å². The van der Waals surface area contributed by atoms with E-state index >= 15 is 0 Å². The number of benzene rings is 2. The Morgan fingerprint density at radius 3 is 2.38 bits per heavy atom. The van der Waals surface area contributed by atoms with Gasteiger partial charge in [-0.15, -0.1) is 0 Å². The largest absolute Gasteiger partial charge is 0.534 e. The molecule has 0 spiro atoms. The molecule has 1 amide bonds. The van der Waals surface area contributed by atoms with Crippen molar-refractivity contribution in [3.05, 3.63) is 53.1 Å². The number of likely N-dealkylation sites (tertiary alicyclic amines) is 1. The van der Waals surface area contributed by atoms with Crippen molar-refractivity contribution >= 4 is 16.0 Å². The summed E-state index contributed by atoms with van der Waals surface area (Å²) in [6.07, 6.45) is 2.67. The molecular weight excluding hydrogens is 513 g/mol.